The van der Waals surface area contributed by atoms with Crippen LogP contribution in [-0.4, -0.2) is 0 Å². The molecule has 0 aromatic carbocycles. The zero-order valence-electron chi connectivity index (χ0n) is 2.92. The van der Waals surface area contributed by atoms with Crippen molar-refractivity contribution in [1.29, 1.82) is 0 Å². The Morgan fingerprint density at radius 1 is 1.29 bits per heavy atom. The van der Waals surface area contributed by atoms with Gasteiger partial charge in [-0.05, 0) is 0 Å². The predicted molar refractivity (Wildman–Crippen MR) is 20.4 cm³/mol. The first-order chi connectivity index (χ1) is 3.18. The summed E-state index contributed by atoms with van der Waals surface area (Å²) in [5, 5.41) is 0. The molecule has 1 nitrogen and oxygen atoms in total. The van der Waals surface area contributed by atoms with Crippen molar-refractivity contribution < 1.29 is 17.0 Å². The van der Waals surface area contributed by atoms with E-state index in [2.05, 4.69) is 3.83 Å². The van der Waals surface area contributed by atoms with Gasteiger partial charge in [0.2, 0.25) is 0 Å². The predicted octanol–water partition coefficient (Wildman–Crippen LogP) is 2.35. The summed E-state index contributed by atoms with van der Waals surface area (Å²) in [6.07, 6.45) is -2.48. The van der Waals surface area contributed by atoms with Gasteiger partial charge in [-0.3, -0.25) is 0 Å². The fourth-order valence-electron chi connectivity index (χ4n) is 0.0292. The molecule has 0 atom stereocenters. The summed E-state index contributed by atoms with van der Waals surface area (Å²) in [5.41, 5.74) is 0. The summed E-state index contributed by atoms with van der Waals surface area (Å²) in [7, 11) is 0. The summed E-state index contributed by atoms with van der Waals surface area (Å²) >= 11 is 2.00. The molecule has 0 radical (unpaired) electrons. The third kappa shape index (κ3) is 2.50. The maximum Gasteiger partial charge on any atom is 0.350 e. The van der Waals surface area contributed by atoms with Crippen LogP contribution in [0.2, 0.25) is 0 Å². The summed E-state index contributed by atoms with van der Waals surface area (Å²) < 4.78 is 36.0. The maximum absolute atomic E-state index is 11.1. The molecular weight excluding hydrogens is 177 g/mol. The topological polar surface area (TPSA) is 9.23 Å². The van der Waals surface area contributed by atoms with Crippen molar-refractivity contribution >= 4 is 16.3 Å². The van der Waals surface area contributed by atoms with Crippen LogP contribution in [-0.2, 0) is 3.83 Å². The van der Waals surface area contributed by atoms with Gasteiger partial charge in [-0.2, -0.15) is 13.2 Å². The van der Waals surface area contributed by atoms with Crippen molar-refractivity contribution in [3.05, 3.63) is 12.1 Å². The van der Waals surface area contributed by atoms with Crippen molar-refractivity contribution in [1.82, 2.24) is 0 Å². The number of rotatable bonds is 1. The van der Waals surface area contributed by atoms with Crippen molar-refractivity contribution in [3.8, 4) is 0 Å². The SMILES string of the molecule is FC(F)=C(F)OBr. The van der Waals surface area contributed by atoms with Gasteiger partial charge in [-0.1, -0.05) is 0 Å². The van der Waals surface area contributed by atoms with Gasteiger partial charge in [0.15, 0.2) is 16.3 Å². The molecule has 0 aliphatic carbocycles. The normalized spacial score (nSPS) is 8.00. The van der Waals surface area contributed by atoms with E-state index in [4.69, 9.17) is 0 Å². The second kappa shape index (κ2) is 2.90. The molecule has 0 spiro atoms. The molecule has 0 unspecified atom stereocenters. The first kappa shape index (κ1) is 6.81. The summed E-state index contributed by atoms with van der Waals surface area (Å²) in [6, 6.07) is -1.90. The Kier molecular flexibility index (Phi) is 2.82. The molecule has 0 saturated carbocycles. The van der Waals surface area contributed by atoms with E-state index in [0.29, 0.717) is 0 Å². The smallest absolute Gasteiger partial charge is 0.350 e. The zero-order chi connectivity index (χ0) is 5.86. The molecule has 0 rings (SSSR count). The molecule has 0 saturated heterocycles. The minimum atomic E-state index is -2.48. The third-order valence-corrected chi connectivity index (χ3v) is 0.501. The Morgan fingerprint density at radius 2 is 1.71 bits per heavy atom. The van der Waals surface area contributed by atoms with E-state index in [1.54, 1.807) is 0 Å². The van der Waals surface area contributed by atoms with Crippen LogP contribution in [0.3, 0.4) is 0 Å². The molecule has 7 heavy (non-hydrogen) atoms. The highest BCUT2D eigenvalue weighted by Crippen LogP contribution is 2.12. The Bertz CT molecular complexity index is 86.9. The van der Waals surface area contributed by atoms with E-state index in [-0.39, 0.29) is 0 Å². The molecule has 0 bridgehead atoms. The van der Waals surface area contributed by atoms with E-state index >= 15 is 0 Å². The van der Waals surface area contributed by atoms with Crippen LogP contribution in [0.25, 0.3) is 0 Å². The molecule has 5 heteroatoms. The van der Waals surface area contributed by atoms with Crippen LogP contribution < -0.4 is 0 Å². The molecule has 0 N–H and O–H groups in total. The highest BCUT2D eigenvalue weighted by Gasteiger charge is 2.02. The lowest BCUT2D eigenvalue weighted by Crippen LogP contribution is -1.69. The highest BCUT2D eigenvalue weighted by molar-refractivity contribution is 9.06. The summed E-state index contributed by atoms with van der Waals surface area (Å²) in [4.78, 5) is 0. The lowest BCUT2D eigenvalue weighted by atomic mass is 11.0. The average Bonchev–Trinajstić information content (AvgIpc) is 1.65. The lowest BCUT2D eigenvalue weighted by molar-refractivity contribution is 0.276. The number of hydrogen-bond acceptors (Lipinski definition) is 1. The van der Waals surface area contributed by atoms with Gasteiger partial charge in [0, 0.05) is 0 Å². The molecule has 0 aliphatic heterocycles. The molecular formula is C2BrF3O. The second-order valence-electron chi connectivity index (χ2n) is 0.611. The molecule has 0 aromatic rings. The zero-order valence-corrected chi connectivity index (χ0v) is 4.51. The van der Waals surface area contributed by atoms with Crippen molar-refractivity contribution in [3.63, 3.8) is 0 Å². The Morgan fingerprint density at radius 3 is 1.71 bits per heavy atom. The van der Waals surface area contributed by atoms with Crippen molar-refractivity contribution in [2.45, 2.75) is 0 Å². The van der Waals surface area contributed by atoms with E-state index < -0.39 is 12.1 Å². The average molecular weight is 177 g/mol. The highest BCUT2D eigenvalue weighted by atomic mass is 79.9. The Labute approximate surface area is 46.2 Å². The van der Waals surface area contributed by atoms with Crippen molar-refractivity contribution in [2.75, 3.05) is 0 Å². The summed E-state index contributed by atoms with van der Waals surface area (Å²) in [6.45, 7) is 0. The number of hydrogen-bond donors (Lipinski definition) is 0. The Balaban J connectivity index is 3.72. The van der Waals surface area contributed by atoms with Crippen LogP contribution in [0.4, 0.5) is 13.2 Å². The first-order valence-corrected chi connectivity index (χ1v) is 1.82. The van der Waals surface area contributed by atoms with Crippen LogP contribution in [0.15, 0.2) is 12.1 Å². The minimum absolute atomic E-state index is 1.90. The van der Waals surface area contributed by atoms with Gasteiger partial charge in [-0.25, -0.2) is 0 Å². The fourth-order valence-corrected chi connectivity index (χ4v) is 0.152. The Hall–Kier alpha value is -0.190. The molecule has 0 heterocycles. The van der Waals surface area contributed by atoms with E-state index in [0.717, 1.165) is 0 Å². The van der Waals surface area contributed by atoms with Gasteiger partial charge in [0.25, 0.3) is 0 Å². The van der Waals surface area contributed by atoms with Crippen LogP contribution in [0.5, 0.6) is 0 Å². The molecule has 0 fully saturated rings. The van der Waals surface area contributed by atoms with E-state index in [9.17, 15) is 13.2 Å². The van der Waals surface area contributed by atoms with E-state index in [1.165, 1.54) is 0 Å². The molecule has 0 aliphatic rings. The van der Waals surface area contributed by atoms with Crippen molar-refractivity contribution in [2.24, 2.45) is 0 Å². The first-order valence-electron chi connectivity index (χ1n) is 1.18. The maximum atomic E-state index is 11.1. The molecule has 0 amide bonds. The standard InChI is InChI=1S/C2BrF3O/c3-7-2(6)1(4)5. The largest absolute Gasteiger partial charge is 0.385 e. The monoisotopic (exact) mass is 176 g/mol. The van der Waals surface area contributed by atoms with Gasteiger partial charge in [0.05, 0.1) is 0 Å². The molecule has 0 aromatic heterocycles. The van der Waals surface area contributed by atoms with Crippen LogP contribution in [0.1, 0.15) is 0 Å². The molecule has 42 valence electrons. The van der Waals surface area contributed by atoms with Crippen LogP contribution >= 0.6 is 16.3 Å². The van der Waals surface area contributed by atoms with E-state index in [1.807, 2.05) is 16.3 Å². The van der Waals surface area contributed by atoms with Gasteiger partial charge in [-0.15, -0.1) is 0 Å². The second-order valence-corrected chi connectivity index (χ2v) is 0.935. The minimum Gasteiger partial charge on any atom is -0.385 e. The quantitative estimate of drug-likeness (QED) is 0.558. The van der Waals surface area contributed by atoms with Crippen LogP contribution in [0, 0.1) is 0 Å². The third-order valence-electron chi connectivity index (χ3n) is 0.216. The number of halogens is 4. The fraction of sp³-hybridized carbons (Fsp3) is 0. The van der Waals surface area contributed by atoms with Gasteiger partial charge < -0.3 is 3.83 Å². The lowest BCUT2D eigenvalue weighted by Gasteiger charge is -1.83. The summed E-state index contributed by atoms with van der Waals surface area (Å²) in [5.74, 6) is 0. The van der Waals surface area contributed by atoms with Gasteiger partial charge in [0.1, 0.15) is 0 Å². The van der Waals surface area contributed by atoms with Gasteiger partial charge >= 0.3 is 12.1 Å².